The smallest absolute Gasteiger partial charge is 0.221 e. The number of nitrogens with two attached hydrogens (primary N) is 1. The number of rotatable bonds is 8. The van der Waals surface area contributed by atoms with Crippen LogP contribution >= 0.6 is 0 Å². The zero-order chi connectivity index (χ0) is 18.8. The highest BCUT2D eigenvalue weighted by Gasteiger charge is 2.23. The molecule has 0 bridgehead atoms. The Bertz CT molecular complexity index is 584. The van der Waals surface area contributed by atoms with E-state index in [1.807, 2.05) is 0 Å². The molecular weight excluding hydrogens is 326 g/mol. The van der Waals surface area contributed by atoms with E-state index >= 15 is 0 Å². The Morgan fingerprint density at radius 2 is 2.08 bits per heavy atom. The maximum absolute atomic E-state index is 11.4. The molecular formula is C20H33N5O. The number of guanidine groups is 1. The first-order valence-corrected chi connectivity index (χ1v) is 9.68. The van der Waals surface area contributed by atoms with Crippen molar-refractivity contribution in [1.29, 1.82) is 0 Å². The number of piperidine rings is 1. The predicted octanol–water partition coefficient (Wildman–Crippen LogP) is 1.64. The summed E-state index contributed by atoms with van der Waals surface area (Å²) in [5.41, 5.74) is 7.91. The monoisotopic (exact) mass is 359 g/mol. The van der Waals surface area contributed by atoms with Crippen molar-refractivity contribution >= 4 is 11.9 Å². The minimum absolute atomic E-state index is 0.0186. The number of benzene rings is 1. The van der Waals surface area contributed by atoms with Gasteiger partial charge in [0.05, 0.1) is 12.5 Å². The Morgan fingerprint density at radius 1 is 1.31 bits per heavy atom. The summed E-state index contributed by atoms with van der Waals surface area (Å²) in [6.45, 7) is 9.37. The average molecular weight is 360 g/mol. The van der Waals surface area contributed by atoms with Crippen molar-refractivity contribution in [2.75, 3.05) is 32.7 Å². The number of carbonyl (C=O) groups excluding carboxylic acids is 1. The van der Waals surface area contributed by atoms with Crippen LogP contribution in [0.4, 0.5) is 0 Å². The minimum Gasteiger partial charge on any atom is -0.369 e. The highest BCUT2D eigenvalue weighted by Crippen LogP contribution is 2.15. The Morgan fingerprint density at radius 3 is 2.77 bits per heavy atom. The summed E-state index contributed by atoms with van der Waals surface area (Å²) in [5, 5.41) is 6.69. The number of nitrogens with zero attached hydrogens (tertiary/aromatic N) is 2. The topological polar surface area (TPSA) is 82.8 Å². The average Bonchev–Trinajstić information content (AvgIpc) is 2.64. The van der Waals surface area contributed by atoms with Crippen molar-refractivity contribution in [1.82, 2.24) is 15.5 Å². The van der Waals surface area contributed by atoms with E-state index < -0.39 is 0 Å². The van der Waals surface area contributed by atoms with Gasteiger partial charge in [0.2, 0.25) is 5.91 Å². The van der Waals surface area contributed by atoms with Crippen LogP contribution < -0.4 is 16.4 Å². The van der Waals surface area contributed by atoms with Gasteiger partial charge in [-0.1, -0.05) is 29.8 Å². The molecule has 1 amide bonds. The Kier molecular flexibility index (Phi) is 8.41. The standard InChI is InChI=1S/C20H33N5O/c1-3-22-20(24-14-17-9-7-16(2)8-10-17)23-11-5-13-25-12-4-6-18(15-25)19(21)26/h7-10,18H,3-6,11-15H2,1-2H3,(H2,21,26)(H2,22,23,24). The number of hydrogen-bond acceptors (Lipinski definition) is 3. The lowest BCUT2D eigenvalue weighted by Crippen LogP contribution is -2.43. The molecule has 2 rings (SSSR count). The van der Waals surface area contributed by atoms with E-state index in [0.29, 0.717) is 6.54 Å². The molecule has 0 saturated carbocycles. The predicted molar refractivity (Wildman–Crippen MR) is 107 cm³/mol. The van der Waals surface area contributed by atoms with Crippen LogP contribution in [-0.2, 0) is 11.3 Å². The summed E-state index contributed by atoms with van der Waals surface area (Å²) < 4.78 is 0. The summed E-state index contributed by atoms with van der Waals surface area (Å²) in [6.07, 6.45) is 3.00. The van der Waals surface area contributed by atoms with Crippen molar-refractivity contribution in [3.05, 3.63) is 35.4 Å². The molecule has 0 spiro atoms. The van der Waals surface area contributed by atoms with Crippen molar-refractivity contribution in [3.8, 4) is 0 Å². The number of hydrogen-bond donors (Lipinski definition) is 3. The third kappa shape index (κ3) is 7.04. The number of carbonyl (C=O) groups is 1. The molecule has 0 radical (unpaired) electrons. The summed E-state index contributed by atoms with van der Waals surface area (Å²) >= 11 is 0. The fourth-order valence-electron chi connectivity index (χ4n) is 3.21. The fourth-order valence-corrected chi connectivity index (χ4v) is 3.21. The van der Waals surface area contributed by atoms with Gasteiger partial charge in [0.1, 0.15) is 0 Å². The fraction of sp³-hybridized carbons (Fsp3) is 0.600. The SMILES string of the molecule is CCNC(=NCc1ccc(C)cc1)NCCCN1CCCC(C(N)=O)C1. The first-order chi connectivity index (χ1) is 12.6. The van der Waals surface area contributed by atoms with Gasteiger partial charge in [0, 0.05) is 19.6 Å². The van der Waals surface area contributed by atoms with Gasteiger partial charge in [-0.25, -0.2) is 4.99 Å². The Balaban J connectivity index is 1.73. The summed E-state index contributed by atoms with van der Waals surface area (Å²) in [7, 11) is 0. The molecule has 1 aromatic rings. The van der Waals surface area contributed by atoms with Crippen LogP contribution in [-0.4, -0.2) is 49.5 Å². The van der Waals surface area contributed by atoms with E-state index in [9.17, 15) is 4.79 Å². The number of aryl methyl sites for hydroxylation is 1. The molecule has 0 aliphatic carbocycles. The van der Waals surface area contributed by atoms with E-state index in [1.54, 1.807) is 0 Å². The molecule has 1 unspecified atom stereocenters. The molecule has 4 N–H and O–H groups in total. The van der Waals surface area contributed by atoms with Crippen LogP contribution in [0, 0.1) is 12.8 Å². The van der Waals surface area contributed by atoms with Crippen LogP contribution in [0.25, 0.3) is 0 Å². The van der Waals surface area contributed by atoms with E-state index in [4.69, 9.17) is 5.73 Å². The van der Waals surface area contributed by atoms with Crippen LogP contribution in [0.15, 0.2) is 29.3 Å². The van der Waals surface area contributed by atoms with Gasteiger partial charge in [-0.15, -0.1) is 0 Å². The van der Waals surface area contributed by atoms with Crippen molar-refractivity contribution in [3.63, 3.8) is 0 Å². The van der Waals surface area contributed by atoms with Crippen LogP contribution in [0.5, 0.6) is 0 Å². The first-order valence-electron chi connectivity index (χ1n) is 9.68. The van der Waals surface area contributed by atoms with Crippen molar-refractivity contribution in [2.45, 2.75) is 39.7 Å². The van der Waals surface area contributed by atoms with Crippen molar-refractivity contribution < 1.29 is 4.79 Å². The zero-order valence-corrected chi connectivity index (χ0v) is 16.1. The molecule has 1 fully saturated rings. The second kappa shape index (κ2) is 10.8. The zero-order valence-electron chi connectivity index (χ0n) is 16.1. The van der Waals surface area contributed by atoms with Gasteiger partial charge in [0.15, 0.2) is 5.96 Å². The summed E-state index contributed by atoms with van der Waals surface area (Å²) in [6, 6.07) is 8.47. The largest absolute Gasteiger partial charge is 0.369 e. The van der Waals surface area contributed by atoms with Gasteiger partial charge in [0.25, 0.3) is 0 Å². The van der Waals surface area contributed by atoms with Crippen molar-refractivity contribution in [2.24, 2.45) is 16.6 Å². The quantitative estimate of drug-likeness (QED) is 0.374. The van der Waals surface area contributed by atoms with Gasteiger partial charge in [-0.3, -0.25) is 4.79 Å². The highest BCUT2D eigenvalue weighted by molar-refractivity contribution is 5.79. The van der Waals surface area contributed by atoms with E-state index in [0.717, 1.165) is 57.9 Å². The molecule has 1 aliphatic rings. The lowest BCUT2D eigenvalue weighted by Gasteiger charge is -2.31. The minimum atomic E-state index is -0.162. The highest BCUT2D eigenvalue weighted by atomic mass is 16.1. The Labute approximate surface area is 157 Å². The number of primary amides is 1. The first kappa shape index (κ1) is 20.2. The molecule has 1 aliphatic heterocycles. The van der Waals surface area contributed by atoms with E-state index in [1.165, 1.54) is 11.1 Å². The van der Waals surface area contributed by atoms with Gasteiger partial charge in [-0.2, -0.15) is 0 Å². The van der Waals surface area contributed by atoms with Gasteiger partial charge in [-0.05, 0) is 51.8 Å². The number of aliphatic imine (C=N–C) groups is 1. The van der Waals surface area contributed by atoms with Crippen LogP contribution in [0.1, 0.15) is 37.3 Å². The number of likely N-dealkylation sites (tertiary alicyclic amines) is 1. The molecule has 26 heavy (non-hydrogen) atoms. The molecule has 1 atom stereocenters. The maximum Gasteiger partial charge on any atom is 0.221 e. The third-order valence-corrected chi connectivity index (χ3v) is 4.74. The van der Waals surface area contributed by atoms with Gasteiger partial charge >= 0.3 is 0 Å². The Hall–Kier alpha value is -2.08. The second-order valence-corrected chi connectivity index (χ2v) is 7.00. The summed E-state index contributed by atoms with van der Waals surface area (Å²) in [4.78, 5) is 18.4. The van der Waals surface area contributed by atoms with E-state index in [2.05, 4.69) is 58.6 Å². The molecule has 6 nitrogen and oxygen atoms in total. The molecule has 1 aromatic carbocycles. The number of amides is 1. The molecule has 1 heterocycles. The van der Waals surface area contributed by atoms with Crippen LogP contribution in [0.3, 0.4) is 0 Å². The summed E-state index contributed by atoms with van der Waals surface area (Å²) in [5.74, 6) is 0.706. The lowest BCUT2D eigenvalue weighted by molar-refractivity contribution is -0.123. The normalized spacial score (nSPS) is 18.5. The maximum atomic E-state index is 11.4. The molecule has 0 aromatic heterocycles. The lowest BCUT2D eigenvalue weighted by atomic mass is 9.97. The van der Waals surface area contributed by atoms with E-state index in [-0.39, 0.29) is 11.8 Å². The second-order valence-electron chi connectivity index (χ2n) is 7.00. The van der Waals surface area contributed by atoms with Crippen LogP contribution in [0.2, 0.25) is 0 Å². The molecule has 1 saturated heterocycles. The molecule has 6 heteroatoms. The number of nitrogens with one attached hydrogen (secondary N) is 2. The third-order valence-electron chi connectivity index (χ3n) is 4.74. The van der Waals surface area contributed by atoms with Gasteiger partial charge < -0.3 is 21.3 Å². The molecule has 144 valence electrons.